The number of hydrogen-bond acceptors (Lipinski definition) is 3. The van der Waals surface area contributed by atoms with Crippen molar-refractivity contribution in [3.8, 4) is 0 Å². The average molecular weight is 203 g/mol. The summed E-state index contributed by atoms with van der Waals surface area (Å²) < 4.78 is 0. The number of nitrogens with zero attached hydrogens (tertiary/aromatic N) is 1. The van der Waals surface area contributed by atoms with Crippen LogP contribution in [-0.2, 0) is 4.79 Å². The predicted octanol–water partition coefficient (Wildman–Crippen LogP) is -0.140. The summed E-state index contributed by atoms with van der Waals surface area (Å²) in [4.78, 5) is 13.0. The Hall–Kier alpha value is -0.680. The van der Waals surface area contributed by atoms with Crippen LogP contribution in [0.4, 0.5) is 0 Å². The summed E-state index contributed by atoms with van der Waals surface area (Å²) in [6.07, 6.45) is 1.38. The van der Waals surface area contributed by atoms with Crippen LogP contribution < -0.4 is 11.5 Å². The van der Waals surface area contributed by atoms with Crippen molar-refractivity contribution < 1.29 is 4.79 Å². The highest BCUT2D eigenvalue weighted by molar-refractivity contribution is 7.80. The first-order valence-corrected chi connectivity index (χ1v) is 4.76. The quantitative estimate of drug-likeness (QED) is 0.565. The number of thiocarbonyl (C=S) groups is 1. The van der Waals surface area contributed by atoms with Gasteiger partial charge in [-0.15, -0.1) is 0 Å². The van der Waals surface area contributed by atoms with Gasteiger partial charge in [-0.3, -0.25) is 9.69 Å². The van der Waals surface area contributed by atoms with Crippen molar-refractivity contribution in [3.63, 3.8) is 0 Å². The molecule has 0 aromatic carbocycles. The molecule has 13 heavy (non-hydrogen) atoms. The highest BCUT2D eigenvalue weighted by Gasteiger charge is 2.06. The van der Waals surface area contributed by atoms with Gasteiger partial charge in [0.1, 0.15) is 0 Å². The summed E-state index contributed by atoms with van der Waals surface area (Å²) in [7, 11) is 0. The number of primary amides is 1. The van der Waals surface area contributed by atoms with Crippen molar-refractivity contribution in [1.82, 2.24) is 4.90 Å². The molecule has 0 spiro atoms. The Kier molecular flexibility index (Phi) is 6.44. The number of carbonyl (C=O) groups excluding carboxylic acids is 1. The Balaban J connectivity index is 3.79. The van der Waals surface area contributed by atoms with E-state index in [0.717, 1.165) is 13.0 Å². The first-order valence-electron chi connectivity index (χ1n) is 4.35. The molecule has 0 saturated heterocycles. The third-order valence-electron chi connectivity index (χ3n) is 1.59. The second-order valence-electron chi connectivity index (χ2n) is 2.96. The molecule has 0 radical (unpaired) electrons. The summed E-state index contributed by atoms with van der Waals surface area (Å²) in [6, 6.07) is 0. The van der Waals surface area contributed by atoms with Crippen molar-refractivity contribution in [1.29, 1.82) is 0 Å². The number of rotatable bonds is 7. The maximum atomic E-state index is 10.5. The lowest BCUT2D eigenvalue weighted by Crippen LogP contribution is -2.35. The predicted molar refractivity (Wildman–Crippen MR) is 57.3 cm³/mol. The third-order valence-corrected chi connectivity index (χ3v) is 1.72. The average Bonchev–Trinajstić information content (AvgIpc) is 1.99. The van der Waals surface area contributed by atoms with Crippen molar-refractivity contribution in [2.45, 2.75) is 19.8 Å². The van der Waals surface area contributed by atoms with Crippen LogP contribution in [0, 0.1) is 0 Å². The molecule has 1 amide bonds. The van der Waals surface area contributed by atoms with Gasteiger partial charge in [0.05, 0.1) is 4.99 Å². The van der Waals surface area contributed by atoms with E-state index in [4.69, 9.17) is 23.7 Å². The molecule has 0 saturated carbocycles. The van der Waals surface area contributed by atoms with Crippen LogP contribution in [0.2, 0.25) is 0 Å². The van der Waals surface area contributed by atoms with Crippen LogP contribution in [-0.4, -0.2) is 35.4 Å². The Bertz CT molecular complexity index is 184. The van der Waals surface area contributed by atoms with Gasteiger partial charge in [-0.05, 0) is 13.0 Å². The zero-order valence-corrected chi connectivity index (χ0v) is 8.77. The molecule has 0 aromatic heterocycles. The van der Waals surface area contributed by atoms with E-state index in [1.165, 1.54) is 0 Å². The lowest BCUT2D eigenvalue weighted by Gasteiger charge is -2.19. The maximum absolute atomic E-state index is 10.5. The van der Waals surface area contributed by atoms with E-state index >= 15 is 0 Å². The lowest BCUT2D eigenvalue weighted by molar-refractivity contribution is -0.118. The van der Waals surface area contributed by atoms with Crippen LogP contribution in [0.25, 0.3) is 0 Å². The minimum Gasteiger partial charge on any atom is -0.392 e. The summed E-state index contributed by atoms with van der Waals surface area (Å²) in [5.74, 6) is -0.288. The minimum atomic E-state index is -0.288. The zero-order valence-electron chi connectivity index (χ0n) is 7.95. The van der Waals surface area contributed by atoms with Gasteiger partial charge in [0.2, 0.25) is 5.91 Å². The standard InChI is InChI=1S/C8H17N3OS/c1-2-4-11(6-8(10)13)5-3-7(9)12/h2-6H2,1H3,(H2,9,12)(H2,10,13). The minimum absolute atomic E-state index is 0.288. The first kappa shape index (κ1) is 12.3. The number of amides is 1. The zero-order chi connectivity index (χ0) is 10.3. The Morgan fingerprint density at radius 1 is 1.38 bits per heavy atom. The van der Waals surface area contributed by atoms with Gasteiger partial charge in [0.25, 0.3) is 0 Å². The molecule has 0 unspecified atom stereocenters. The second kappa shape index (κ2) is 6.80. The molecule has 4 N–H and O–H groups in total. The third kappa shape index (κ3) is 7.67. The van der Waals surface area contributed by atoms with E-state index < -0.39 is 0 Å². The van der Waals surface area contributed by atoms with E-state index in [1.54, 1.807) is 0 Å². The SMILES string of the molecule is CCCN(CCC(N)=O)CC(N)=S. The maximum Gasteiger partial charge on any atom is 0.218 e. The molecule has 5 heteroatoms. The molecule has 0 aromatic rings. The number of nitrogens with two attached hydrogens (primary N) is 2. The normalized spacial score (nSPS) is 10.3. The van der Waals surface area contributed by atoms with Crippen LogP contribution in [0.5, 0.6) is 0 Å². The van der Waals surface area contributed by atoms with Crippen LogP contribution in [0.1, 0.15) is 19.8 Å². The van der Waals surface area contributed by atoms with Gasteiger partial charge >= 0.3 is 0 Å². The largest absolute Gasteiger partial charge is 0.392 e. The van der Waals surface area contributed by atoms with E-state index in [9.17, 15) is 4.79 Å². The van der Waals surface area contributed by atoms with Crippen LogP contribution in [0.15, 0.2) is 0 Å². The molecule has 0 aliphatic heterocycles. The molecule has 0 rings (SSSR count). The Morgan fingerprint density at radius 2 is 2.00 bits per heavy atom. The monoisotopic (exact) mass is 203 g/mol. The van der Waals surface area contributed by atoms with Crippen LogP contribution in [0.3, 0.4) is 0 Å². The lowest BCUT2D eigenvalue weighted by atomic mass is 10.3. The van der Waals surface area contributed by atoms with Gasteiger partial charge in [-0.1, -0.05) is 19.1 Å². The van der Waals surface area contributed by atoms with E-state index in [2.05, 4.69) is 6.92 Å². The van der Waals surface area contributed by atoms with Crippen molar-refractivity contribution in [2.75, 3.05) is 19.6 Å². The summed E-state index contributed by atoms with van der Waals surface area (Å²) in [5, 5.41) is 0. The molecule has 76 valence electrons. The Labute approximate surface area is 84.3 Å². The smallest absolute Gasteiger partial charge is 0.218 e. The molecule has 0 aliphatic carbocycles. The molecule has 4 nitrogen and oxygen atoms in total. The van der Waals surface area contributed by atoms with Gasteiger partial charge in [-0.25, -0.2) is 0 Å². The van der Waals surface area contributed by atoms with Crippen molar-refractivity contribution >= 4 is 23.1 Å². The molecule has 0 bridgehead atoms. The highest BCUT2D eigenvalue weighted by Crippen LogP contribution is 1.93. The molecule has 0 aliphatic rings. The van der Waals surface area contributed by atoms with E-state index in [1.807, 2.05) is 4.90 Å². The number of hydrogen-bond donors (Lipinski definition) is 2. The van der Waals surface area contributed by atoms with Crippen molar-refractivity contribution in [3.05, 3.63) is 0 Å². The Morgan fingerprint density at radius 3 is 2.38 bits per heavy atom. The highest BCUT2D eigenvalue weighted by atomic mass is 32.1. The fourth-order valence-electron chi connectivity index (χ4n) is 1.07. The van der Waals surface area contributed by atoms with Gasteiger partial charge < -0.3 is 11.5 Å². The molecule has 0 atom stereocenters. The van der Waals surface area contributed by atoms with Crippen molar-refractivity contribution in [2.24, 2.45) is 11.5 Å². The van der Waals surface area contributed by atoms with Gasteiger partial charge in [0, 0.05) is 19.5 Å². The fraction of sp³-hybridized carbons (Fsp3) is 0.750. The number of carbonyl (C=O) groups is 1. The summed E-state index contributed by atoms with van der Waals surface area (Å²) >= 11 is 4.79. The second-order valence-corrected chi connectivity index (χ2v) is 3.48. The van der Waals surface area contributed by atoms with E-state index in [0.29, 0.717) is 24.5 Å². The van der Waals surface area contributed by atoms with Gasteiger partial charge in [0.15, 0.2) is 0 Å². The molecular formula is C8H17N3OS. The topological polar surface area (TPSA) is 72.3 Å². The van der Waals surface area contributed by atoms with Crippen LogP contribution >= 0.6 is 12.2 Å². The fourth-order valence-corrected chi connectivity index (χ4v) is 1.26. The summed E-state index contributed by atoms with van der Waals surface area (Å²) in [5.41, 5.74) is 10.4. The molecule has 0 fully saturated rings. The summed E-state index contributed by atoms with van der Waals surface area (Å²) in [6.45, 7) is 4.17. The van der Waals surface area contributed by atoms with E-state index in [-0.39, 0.29) is 5.91 Å². The molecular weight excluding hydrogens is 186 g/mol. The first-order chi connectivity index (χ1) is 6.06. The molecule has 0 heterocycles. The van der Waals surface area contributed by atoms with Gasteiger partial charge in [-0.2, -0.15) is 0 Å².